The van der Waals surface area contributed by atoms with Crippen LogP contribution in [-0.4, -0.2) is 18.6 Å². The number of rotatable bonds is 5. The van der Waals surface area contributed by atoms with Crippen molar-refractivity contribution in [1.29, 1.82) is 0 Å². The van der Waals surface area contributed by atoms with Crippen LogP contribution in [-0.2, 0) is 6.54 Å². The van der Waals surface area contributed by atoms with Crippen LogP contribution < -0.4 is 10.6 Å². The number of aromatic nitrogens is 1. The van der Waals surface area contributed by atoms with Crippen molar-refractivity contribution in [2.75, 3.05) is 18.5 Å². The second kappa shape index (κ2) is 6.02. The van der Waals surface area contributed by atoms with E-state index in [0.29, 0.717) is 12.5 Å². The van der Waals surface area contributed by atoms with E-state index in [4.69, 9.17) is 5.73 Å². The molecule has 0 fully saturated rings. The van der Waals surface area contributed by atoms with E-state index in [1.807, 2.05) is 12.1 Å². The van der Waals surface area contributed by atoms with Gasteiger partial charge in [-0.05, 0) is 24.5 Å². The molecule has 2 aromatic rings. The van der Waals surface area contributed by atoms with Crippen LogP contribution in [0.5, 0.6) is 0 Å². The van der Waals surface area contributed by atoms with E-state index in [0.717, 1.165) is 17.8 Å². The SMILES string of the molecule is CC(C)CCN(C)c1cc(CN)nc2ccccc12. The lowest BCUT2D eigenvalue weighted by Gasteiger charge is -2.22. The van der Waals surface area contributed by atoms with Gasteiger partial charge in [-0.2, -0.15) is 0 Å². The van der Waals surface area contributed by atoms with Crippen LogP contribution in [0.25, 0.3) is 10.9 Å². The lowest BCUT2D eigenvalue weighted by Crippen LogP contribution is -2.20. The highest BCUT2D eigenvalue weighted by Gasteiger charge is 2.09. The number of pyridine rings is 1. The predicted molar refractivity (Wildman–Crippen MR) is 82.4 cm³/mol. The van der Waals surface area contributed by atoms with Gasteiger partial charge in [0.25, 0.3) is 0 Å². The highest BCUT2D eigenvalue weighted by atomic mass is 15.1. The number of nitrogens with zero attached hydrogens (tertiary/aromatic N) is 2. The van der Waals surface area contributed by atoms with Gasteiger partial charge in [-0.1, -0.05) is 32.0 Å². The Morgan fingerprint density at radius 1 is 1.26 bits per heavy atom. The van der Waals surface area contributed by atoms with E-state index in [-0.39, 0.29) is 0 Å². The van der Waals surface area contributed by atoms with Gasteiger partial charge in [0.2, 0.25) is 0 Å². The van der Waals surface area contributed by atoms with E-state index >= 15 is 0 Å². The van der Waals surface area contributed by atoms with Crippen molar-refractivity contribution in [2.24, 2.45) is 11.7 Å². The molecule has 0 unspecified atom stereocenters. The van der Waals surface area contributed by atoms with Crippen LogP contribution in [0.1, 0.15) is 26.0 Å². The molecule has 0 atom stereocenters. The smallest absolute Gasteiger partial charge is 0.0726 e. The molecular formula is C16H23N3. The fraction of sp³-hybridized carbons (Fsp3) is 0.438. The molecule has 1 aromatic heterocycles. The third-order valence-corrected chi connectivity index (χ3v) is 3.41. The molecule has 0 amide bonds. The summed E-state index contributed by atoms with van der Waals surface area (Å²) in [4.78, 5) is 6.89. The largest absolute Gasteiger partial charge is 0.374 e. The maximum atomic E-state index is 5.75. The van der Waals surface area contributed by atoms with Crippen molar-refractivity contribution in [3.63, 3.8) is 0 Å². The summed E-state index contributed by atoms with van der Waals surface area (Å²) in [6, 6.07) is 10.4. The number of hydrogen-bond acceptors (Lipinski definition) is 3. The average molecular weight is 257 g/mol. The number of fused-ring (bicyclic) bond motifs is 1. The van der Waals surface area contributed by atoms with Crippen molar-refractivity contribution < 1.29 is 0 Å². The summed E-state index contributed by atoms with van der Waals surface area (Å²) in [6.07, 6.45) is 1.19. The van der Waals surface area contributed by atoms with Crippen LogP contribution in [0.15, 0.2) is 30.3 Å². The number of anilines is 1. The molecule has 19 heavy (non-hydrogen) atoms. The van der Waals surface area contributed by atoms with Crippen molar-refractivity contribution in [1.82, 2.24) is 4.98 Å². The topological polar surface area (TPSA) is 42.1 Å². The summed E-state index contributed by atoms with van der Waals surface area (Å²) >= 11 is 0. The van der Waals surface area contributed by atoms with Gasteiger partial charge >= 0.3 is 0 Å². The lowest BCUT2D eigenvalue weighted by atomic mass is 10.1. The third-order valence-electron chi connectivity index (χ3n) is 3.41. The highest BCUT2D eigenvalue weighted by Crippen LogP contribution is 2.26. The molecule has 0 saturated heterocycles. The third kappa shape index (κ3) is 3.24. The summed E-state index contributed by atoms with van der Waals surface area (Å²) < 4.78 is 0. The summed E-state index contributed by atoms with van der Waals surface area (Å²) in [5.41, 5.74) is 8.95. The fourth-order valence-corrected chi connectivity index (χ4v) is 2.20. The summed E-state index contributed by atoms with van der Waals surface area (Å²) in [7, 11) is 2.14. The first kappa shape index (κ1) is 13.8. The van der Waals surface area contributed by atoms with Crippen LogP contribution >= 0.6 is 0 Å². The second-order valence-electron chi connectivity index (χ2n) is 5.46. The molecule has 0 radical (unpaired) electrons. The van der Waals surface area contributed by atoms with E-state index in [1.165, 1.54) is 17.5 Å². The molecule has 3 heteroatoms. The molecule has 0 aliphatic carbocycles. The van der Waals surface area contributed by atoms with Gasteiger partial charge in [0, 0.05) is 31.2 Å². The van der Waals surface area contributed by atoms with Crippen molar-refractivity contribution in [3.8, 4) is 0 Å². The highest BCUT2D eigenvalue weighted by molar-refractivity contribution is 5.91. The predicted octanol–water partition coefficient (Wildman–Crippen LogP) is 3.18. The van der Waals surface area contributed by atoms with Gasteiger partial charge in [0.1, 0.15) is 0 Å². The van der Waals surface area contributed by atoms with E-state index in [1.54, 1.807) is 0 Å². The minimum Gasteiger partial charge on any atom is -0.374 e. The Kier molecular flexibility index (Phi) is 4.38. The maximum Gasteiger partial charge on any atom is 0.0726 e. The van der Waals surface area contributed by atoms with Crippen molar-refractivity contribution in [2.45, 2.75) is 26.8 Å². The van der Waals surface area contributed by atoms with Crippen LogP contribution in [0.4, 0.5) is 5.69 Å². The Balaban J connectivity index is 2.39. The Bertz CT molecular complexity index is 549. The minimum absolute atomic E-state index is 0.482. The zero-order valence-electron chi connectivity index (χ0n) is 12.1. The first-order valence-corrected chi connectivity index (χ1v) is 6.91. The second-order valence-corrected chi connectivity index (χ2v) is 5.46. The zero-order valence-corrected chi connectivity index (χ0v) is 12.1. The van der Waals surface area contributed by atoms with Gasteiger partial charge in [-0.15, -0.1) is 0 Å². The molecule has 102 valence electrons. The molecule has 3 nitrogen and oxygen atoms in total. The molecule has 0 bridgehead atoms. The standard InChI is InChI=1S/C16H23N3/c1-12(2)8-9-19(3)16-10-13(11-17)18-15-7-5-4-6-14(15)16/h4-7,10,12H,8-9,11,17H2,1-3H3. The molecule has 1 heterocycles. The Labute approximate surface area is 115 Å². The quantitative estimate of drug-likeness (QED) is 0.894. The Hall–Kier alpha value is -1.61. The van der Waals surface area contributed by atoms with E-state index in [2.05, 4.69) is 49.0 Å². The van der Waals surface area contributed by atoms with Crippen molar-refractivity contribution >= 4 is 16.6 Å². The maximum absolute atomic E-state index is 5.75. The molecule has 2 N–H and O–H groups in total. The Morgan fingerprint density at radius 2 is 2.00 bits per heavy atom. The molecule has 2 rings (SSSR count). The average Bonchev–Trinajstić information content (AvgIpc) is 2.43. The normalized spacial score (nSPS) is 11.2. The number of para-hydroxylation sites is 1. The molecule has 0 saturated carbocycles. The van der Waals surface area contributed by atoms with Gasteiger partial charge in [-0.25, -0.2) is 0 Å². The van der Waals surface area contributed by atoms with E-state index < -0.39 is 0 Å². The number of nitrogens with two attached hydrogens (primary N) is 1. The molecule has 0 aliphatic heterocycles. The van der Waals surface area contributed by atoms with Gasteiger partial charge in [0.05, 0.1) is 11.2 Å². The van der Waals surface area contributed by atoms with Gasteiger partial charge < -0.3 is 10.6 Å². The van der Waals surface area contributed by atoms with Crippen LogP contribution in [0.3, 0.4) is 0 Å². The summed E-state index contributed by atoms with van der Waals surface area (Å²) in [5, 5.41) is 1.20. The van der Waals surface area contributed by atoms with Gasteiger partial charge in [-0.3, -0.25) is 4.98 Å². The fourth-order valence-electron chi connectivity index (χ4n) is 2.20. The Morgan fingerprint density at radius 3 is 2.68 bits per heavy atom. The first-order valence-electron chi connectivity index (χ1n) is 6.91. The monoisotopic (exact) mass is 257 g/mol. The van der Waals surface area contributed by atoms with Crippen molar-refractivity contribution in [3.05, 3.63) is 36.0 Å². The lowest BCUT2D eigenvalue weighted by molar-refractivity contribution is 0.585. The molecular weight excluding hydrogens is 234 g/mol. The van der Waals surface area contributed by atoms with Crippen LogP contribution in [0.2, 0.25) is 0 Å². The number of hydrogen-bond donors (Lipinski definition) is 1. The van der Waals surface area contributed by atoms with Crippen LogP contribution in [0, 0.1) is 5.92 Å². The zero-order chi connectivity index (χ0) is 13.8. The summed E-state index contributed by atoms with van der Waals surface area (Å²) in [6.45, 7) is 6.04. The molecule has 0 aliphatic rings. The van der Waals surface area contributed by atoms with E-state index in [9.17, 15) is 0 Å². The first-order chi connectivity index (χ1) is 9.11. The molecule has 1 aromatic carbocycles. The van der Waals surface area contributed by atoms with Gasteiger partial charge in [0.15, 0.2) is 0 Å². The number of benzene rings is 1. The molecule has 0 spiro atoms. The summed E-state index contributed by atoms with van der Waals surface area (Å²) in [5.74, 6) is 0.713. The minimum atomic E-state index is 0.482.